The van der Waals surface area contributed by atoms with E-state index in [-0.39, 0.29) is 28.4 Å². The first-order valence-electron chi connectivity index (χ1n) is 9.46. The summed E-state index contributed by atoms with van der Waals surface area (Å²) in [4.78, 5) is 26.5. The summed E-state index contributed by atoms with van der Waals surface area (Å²) >= 11 is 6.35. The van der Waals surface area contributed by atoms with Gasteiger partial charge < -0.3 is 20.7 Å². The Morgan fingerprint density at radius 1 is 1.23 bits per heavy atom. The van der Waals surface area contributed by atoms with Crippen molar-refractivity contribution in [3.8, 4) is 0 Å². The van der Waals surface area contributed by atoms with Gasteiger partial charge in [-0.25, -0.2) is 13.6 Å². The quantitative estimate of drug-likeness (QED) is 0.453. The molecule has 0 radical (unpaired) electrons. The van der Waals surface area contributed by atoms with Crippen LogP contribution in [0.4, 0.5) is 13.8 Å². The van der Waals surface area contributed by atoms with Crippen LogP contribution in [0.3, 0.4) is 0 Å². The van der Waals surface area contributed by atoms with Crippen LogP contribution < -0.4 is 16.0 Å². The van der Waals surface area contributed by atoms with E-state index in [0.717, 1.165) is 17.0 Å². The number of allylic oxidation sites excluding steroid dienone is 1. The summed E-state index contributed by atoms with van der Waals surface area (Å²) in [5.41, 5.74) is 1.03. The summed E-state index contributed by atoms with van der Waals surface area (Å²) in [6, 6.07) is 2.32. The van der Waals surface area contributed by atoms with Gasteiger partial charge in [0.15, 0.2) is 5.11 Å². The number of thiocarbonyl (C=S) groups is 1. The number of esters is 1. The minimum Gasteiger partial charge on any atom is -0.462 e. The Hall–Kier alpha value is -2.85. The molecule has 1 aliphatic rings. The average Bonchev–Trinajstić information content (AvgIpc) is 2.94. The maximum absolute atomic E-state index is 14.5. The van der Waals surface area contributed by atoms with E-state index in [1.807, 2.05) is 6.92 Å². The second-order valence-electron chi connectivity index (χ2n) is 6.87. The molecule has 0 aliphatic carbocycles. The molecule has 1 aromatic carbocycles. The SMILES string of the molecule is CCOC(=O)c1c(NC(=O)C2=C(C)NC(=S)NC2c2c(F)cccc2F)sc(C)c1C. The highest BCUT2D eigenvalue weighted by atomic mass is 32.1. The number of anilines is 1. The van der Waals surface area contributed by atoms with Crippen molar-refractivity contribution in [1.82, 2.24) is 10.6 Å². The third-order valence-electron chi connectivity index (χ3n) is 4.89. The van der Waals surface area contributed by atoms with Gasteiger partial charge in [-0.2, -0.15) is 0 Å². The number of ether oxygens (including phenoxy) is 1. The van der Waals surface area contributed by atoms with E-state index in [9.17, 15) is 18.4 Å². The number of amides is 1. The van der Waals surface area contributed by atoms with Gasteiger partial charge in [0.2, 0.25) is 0 Å². The highest BCUT2D eigenvalue weighted by molar-refractivity contribution is 7.80. The van der Waals surface area contributed by atoms with Crippen molar-refractivity contribution in [1.29, 1.82) is 0 Å². The Bertz CT molecular complexity index is 1090. The predicted octanol–water partition coefficient (Wildman–Crippen LogP) is 4.25. The molecule has 3 rings (SSSR count). The fourth-order valence-electron chi connectivity index (χ4n) is 3.33. The maximum atomic E-state index is 14.5. The second-order valence-corrected chi connectivity index (χ2v) is 8.50. The van der Waals surface area contributed by atoms with E-state index < -0.39 is 29.6 Å². The summed E-state index contributed by atoms with van der Waals surface area (Å²) < 4.78 is 34.1. The fourth-order valence-corrected chi connectivity index (χ4v) is 4.65. The molecule has 10 heteroatoms. The van der Waals surface area contributed by atoms with Crippen LogP contribution in [0.2, 0.25) is 0 Å². The third kappa shape index (κ3) is 4.45. The minimum atomic E-state index is -1.15. The summed E-state index contributed by atoms with van der Waals surface area (Å²) in [7, 11) is 0. The van der Waals surface area contributed by atoms with Crippen LogP contribution in [0.25, 0.3) is 0 Å². The number of carbonyl (C=O) groups excluding carboxylic acids is 2. The van der Waals surface area contributed by atoms with Crippen LogP contribution >= 0.6 is 23.6 Å². The van der Waals surface area contributed by atoms with Crippen molar-refractivity contribution in [2.45, 2.75) is 33.7 Å². The number of hydrogen-bond donors (Lipinski definition) is 3. The molecule has 0 fully saturated rings. The molecule has 0 saturated heterocycles. The molecule has 0 spiro atoms. The summed E-state index contributed by atoms with van der Waals surface area (Å²) in [5, 5.41) is 8.74. The van der Waals surface area contributed by atoms with Crippen molar-refractivity contribution in [3.05, 3.63) is 62.7 Å². The Morgan fingerprint density at radius 2 is 1.87 bits per heavy atom. The smallest absolute Gasteiger partial charge is 0.341 e. The van der Waals surface area contributed by atoms with Gasteiger partial charge in [-0.05, 0) is 57.6 Å². The van der Waals surface area contributed by atoms with Gasteiger partial charge in [-0.15, -0.1) is 11.3 Å². The van der Waals surface area contributed by atoms with E-state index >= 15 is 0 Å². The van der Waals surface area contributed by atoms with Gasteiger partial charge in [-0.3, -0.25) is 4.79 Å². The van der Waals surface area contributed by atoms with Crippen LogP contribution in [0.1, 0.15) is 46.3 Å². The van der Waals surface area contributed by atoms with Crippen LogP contribution in [0.15, 0.2) is 29.5 Å². The van der Waals surface area contributed by atoms with Gasteiger partial charge in [0.25, 0.3) is 5.91 Å². The zero-order valence-corrected chi connectivity index (χ0v) is 18.9. The average molecular weight is 466 g/mol. The lowest BCUT2D eigenvalue weighted by Crippen LogP contribution is -2.46. The van der Waals surface area contributed by atoms with E-state index in [0.29, 0.717) is 16.3 Å². The largest absolute Gasteiger partial charge is 0.462 e. The lowest BCUT2D eigenvalue weighted by atomic mass is 9.94. The van der Waals surface area contributed by atoms with Crippen molar-refractivity contribution in [3.63, 3.8) is 0 Å². The molecule has 6 nitrogen and oxygen atoms in total. The summed E-state index contributed by atoms with van der Waals surface area (Å²) in [6.07, 6.45) is 0. The lowest BCUT2D eigenvalue weighted by molar-refractivity contribution is -0.113. The maximum Gasteiger partial charge on any atom is 0.341 e. The first-order chi connectivity index (χ1) is 14.6. The van der Waals surface area contributed by atoms with Gasteiger partial charge in [0.05, 0.1) is 29.3 Å². The number of rotatable bonds is 5. The minimum absolute atomic E-state index is 0.0520. The number of aryl methyl sites for hydroxylation is 1. The van der Waals surface area contributed by atoms with Crippen LogP contribution in [0, 0.1) is 25.5 Å². The zero-order chi connectivity index (χ0) is 22.9. The van der Waals surface area contributed by atoms with E-state index in [2.05, 4.69) is 16.0 Å². The molecule has 1 atom stereocenters. The van der Waals surface area contributed by atoms with Crippen molar-refractivity contribution >= 4 is 45.5 Å². The normalized spacial score (nSPS) is 15.9. The molecule has 1 unspecified atom stereocenters. The monoisotopic (exact) mass is 465 g/mol. The molecule has 0 bridgehead atoms. The first-order valence-corrected chi connectivity index (χ1v) is 10.7. The van der Waals surface area contributed by atoms with Crippen LogP contribution in [0.5, 0.6) is 0 Å². The summed E-state index contributed by atoms with van der Waals surface area (Å²) in [5.74, 6) is -2.80. The molecule has 31 heavy (non-hydrogen) atoms. The van der Waals surface area contributed by atoms with Gasteiger partial charge in [0.1, 0.15) is 16.6 Å². The molecule has 1 amide bonds. The van der Waals surface area contributed by atoms with E-state index in [1.54, 1.807) is 20.8 Å². The first kappa shape index (κ1) is 22.8. The van der Waals surface area contributed by atoms with E-state index in [4.69, 9.17) is 17.0 Å². The number of hydrogen-bond acceptors (Lipinski definition) is 5. The molecule has 164 valence electrons. The Labute approximate surface area is 187 Å². The number of thiophene rings is 1. The van der Waals surface area contributed by atoms with Gasteiger partial charge in [0, 0.05) is 10.6 Å². The third-order valence-corrected chi connectivity index (χ3v) is 6.24. The zero-order valence-electron chi connectivity index (χ0n) is 17.3. The fraction of sp³-hybridized carbons (Fsp3) is 0.286. The molecule has 1 aromatic heterocycles. The van der Waals surface area contributed by atoms with E-state index in [1.165, 1.54) is 17.4 Å². The summed E-state index contributed by atoms with van der Waals surface area (Å²) in [6.45, 7) is 7.05. The Balaban J connectivity index is 2.04. The topological polar surface area (TPSA) is 79.5 Å². The van der Waals surface area contributed by atoms with Crippen molar-refractivity contribution in [2.75, 3.05) is 11.9 Å². The standard InChI is InChI=1S/C21H21F2N3O3S2/c1-5-29-20(28)14-9(2)11(4)31-19(14)26-18(27)15-10(3)24-21(30)25-17(15)16-12(22)7-6-8-13(16)23/h6-8,17H,5H2,1-4H3,(H,26,27)(H2,24,25,30). The van der Waals surface area contributed by atoms with Crippen LogP contribution in [-0.2, 0) is 9.53 Å². The highest BCUT2D eigenvalue weighted by Crippen LogP contribution is 2.36. The number of nitrogens with one attached hydrogen (secondary N) is 3. The van der Waals surface area contributed by atoms with Gasteiger partial charge >= 0.3 is 5.97 Å². The molecule has 3 N–H and O–H groups in total. The second kappa shape index (κ2) is 9.11. The predicted molar refractivity (Wildman–Crippen MR) is 119 cm³/mol. The van der Waals surface area contributed by atoms with Gasteiger partial charge in [-0.1, -0.05) is 6.07 Å². The van der Waals surface area contributed by atoms with Crippen molar-refractivity contribution < 1.29 is 23.1 Å². The number of carbonyl (C=O) groups is 2. The molecule has 1 aliphatic heterocycles. The highest BCUT2D eigenvalue weighted by Gasteiger charge is 2.34. The van der Waals surface area contributed by atoms with Crippen molar-refractivity contribution in [2.24, 2.45) is 0 Å². The lowest BCUT2D eigenvalue weighted by Gasteiger charge is -2.30. The van der Waals surface area contributed by atoms with Crippen LogP contribution in [-0.4, -0.2) is 23.6 Å². The number of benzene rings is 1. The number of halogens is 2. The molecular formula is C21H21F2N3O3S2. The Morgan fingerprint density at radius 3 is 2.48 bits per heavy atom. The molecule has 2 heterocycles. The Kier molecular flexibility index (Phi) is 6.71. The molecule has 2 aromatic rings. The molecule has 0 saturated carbocycles. The molecular weight excluding hydrogens is 444 g/mol.